The minimum Gasteiger partial charge on any atom is -0.384 e. The van der Waals surface area contributed by atoms with Crippen LogP contribution in [0.15, 0.2) is 27.1 Å². The van der Waals surface area contributed by atoms with Gasteiger partial charge in [0.05, 0.1) is 5.69 Å². The topological polar surface area (TPSA) is 43.8 Å². The van der Waals surface area contributed by atoms with Crippen LogP contribution in [0.5, 0.6) is 0 Å². The van der Waals surface area contributed by atoms with Crippen molar-refractivity contribution in [2.45, 2.75) is 19.8 Å². The van der Waals surface area contributed by atoms with E-state index >= 15 is 0 Å². The molecule has 0 aliphatic heterocycles. The SMILES string of the molecule is CC(C)c1c(-c2cc(Br)ccc2Br)nn(C)c1N. The lowest BCUT2D eigenvalue weighted by atomic mass is 9.99. The van der Waals surface area contributed by atoms with Gasteiger partial charge in [0.25, 0.3) is 0 Å². The molecule has 1 aromatic heterocycles. The quantitative estimate of drug-likeness (QED) is 0.853. The number of nitrogens with zero attached hydrogens (tertiary/aromatic N) is 2. The highest BCUT2D eigenvalue weighted by Crippen LogP contribution is 2.37. The van der Waals surface area contributed by atoms with Gasteiger partial charge in [-0.3, -0.25) is 4.68 Å². The second kappa shape index (κ2) is 5.05. The van der Waals surface area contributed by atoms with E-state index in [-0.39, 0.29) is 0 Å². The molecule has 0 atom stereocenters. The number of rotatable bonds is 2. The molecule has 0 bridgehead atoms. The predicted octanol–water partition coefficient (Wildman–Crippen LogP) is 4.32. The molecule has 0 unspecified atom stereocenters. The van der Waals surface area contributed by atoms with Crippen LogP contribution in [0.25, 0.3) is 11.3 Å². The predicted molar refractivity (Wildman–Crippen MR) is 82.5 cm³/mol. The van der Waals surface area contributed by atoms with E-state index in [9.17, 15) is 0 Å². The Bertz CT molecular complexity index is 588. The molecule has 0 spiro atoms. The Balaban J connectivity index is 2.71. The Labute approximate surface area is 124 Å². The lowest BCUT2D eigenvalue weighted by Crippen LogP contribution is -2.00. The summed E-state index contributed by atoms with van der Waals surface area (Å²) < 4.78 is 3.78. The first-order chi connectivity index (χ1) is 8.41. The van der Waals surface area contributed by atoms with E-state index in [1.807, 2.05) is 19.2 Å². The second-order valence-electron chi connectivity index (χ2n) is 4.55. The van der Waals surface area contributed by atoms with E-state index < -0.39 is 0 Å². The summed E-state index contributed by atoms with van der Waals surface area (Å²) in [5, 5.41) is 4.54. The monoisotopic (exact) mass is 371 g/mol. The molecule has 5 heteroatoms. The molecule has 18 heavy (non-hydrogen) atoms. The van der Waals surface area contributed by atoms with Crippen molar-refractivity contribution < 1.29 is 0 Å². The van der Waals surface area contributed by atoms with E-state index in [1.165, 1.54) is 0 Å². The summed E-state index contributed by atoms with van der Waals surface area (Å²) in [5.74, 6) is 1.06. The fourth-order valence-electron chi connectivity index (χ4n) is 2.00. The number of nitrogen functional groups attached to an aromatic ring is 1. The summed E-state index contributed by atoms with van der Waals surface area (Å²) in [6.45, 7) is 4.26. The summed E-state index contributed by atoms with van der Waals surface area (Å²) in [6, 6.07) is 6.06. The maximum atomic E-state index is 6.10. The molecule has 0 aliphatic carbocycles. The van der Waals surface area contributed by atoms with Crippen LogP contribution in [0.3, 0.4) is 0 Å². The highest BCUT2D eigenvalue weighted by atomic mass is 79.9. The molecule has 0 fully saturated rings. The zero-order valence-corrected chi connectivity index (χ0v) is 13.7. The molecular weight excluding hydrogens is 358 g/mol. The summed E-state index contributed by atoms with van der Waals surface area (Å²) >= 11 is 7.07. The molecule has 3 nitrogen and oxygen atoms in total. The summed E-state index contributed by atoms with van der Waals surface area (Å²) in [5.41, 5.74) is 9.20. The van der Waals surface area contributed by atoms with Gasteiger partial charge in [0.1, 0.15) is 5.82 Å². The second-order valence-corrected chi connectivity index (χ2v) is 6.32. The molecular formula is C13H15Br2N3. The van der Waals surface area contributed by atoms with Crippen LogP contribution in [-0.4, -0.2) is 9.78 Å². The molecule has 2 N–H and O–H groups in total. The van der Waals surface area contributed by atoms with Crippen LogP contribution in [0.2, 0.25) is 0 Å². The Morgan fingerprint density at radius 2 is 1.94 bits per heavy atom. The fourth-order valence-corrected chi connectivity index (χ4v) is 2.80. The molecule has 0 amide bonds. The minimum absolute atomic E-state index is 0.333. The van der Waals surface area contributed by atoms with Crippen LogP contribution in [0.4, 0.5) is 5.82 Å². The number of halogens is 2. The average molecular weight is 373 g/mol. The van der Waals surface area contributed by atoms with Crippen molar-refractivity contribution in [3.05, 3.63) is 32.7 Å². The van der Waals surface area contributed by atoms with Gasteiger partial charge in [-0.25, -0.2) is 0 Å². The van der Waals surface area contributed by atoms with Gasteiger partial charge in [-0.05, 0) is 24.1 Å². The molecule has 2 rings (SSSR count). The van der Waals surface area contributed by atoms with Gasteiger partial charge in [0.2, 0.25) is 0 Å². The third-order valence-corrected chi connectivity index (χ3v) is 4.08. The van der Waals surface area contributed by atoms with Crippen molar-refractivity contribution in [1.82, 2.24) is 9.78 Å². The number of hydrogen-bond acceptors (Lipinski definition) is 2. The summed E-state index contributed by atoms with van der Waals surface area (Å²) in [7, 11) is 1.87. The Morgan fingerprint density at radius 3 is 2.56 bits per heavy atom. The molecule has 96 valence electrons. The Kier molecular flexibility index (Phi) is 3.82. The zero-order valence-electron chi connectivity index (χ0n) is 10.5. The standard InChI is InChI=1S/C13H15Br2N3/c1-7(2)11-12(17-18(3)13(11)16)9-6-8(14)4-5-10(9)15/h4-7H,16H2,1-3H3. The number of aromatic nitrogens is 2. The van der Waals surface area contributed by atoms with Crippen LogP contribution < -0.4 is 5.73 Å². The van der Waals surface area contributed by atoms with Crippen molar-refractivity contribution in [3.8, 4) is 11.3 Å². The van der Waals surface area contributed by atoms with Crippen molar-refractivity contribution in [2.24, 2.45) is 7.05 Å². The van der Waals surface area contributed by atoms with Crippen LogP contribution >= 0.6 is 31.9 Å². The lowest BCUT2D eigenvalue weighted by Gasteiger charge is -2.09. The van der Waals surface area contributed by atoms with E-state index in [0.717, 1.165) is 31.6 Å². The molecule has 1 heterocycles. The van der Waals surface area contributed by atoms with Gasteiger partial charge in [-0.15, -0.1) is 0 Å². The van der Waals surface area contributed by atoms with Gasteiger partial charge in [0.15, 0.2) is 0 Å². The lowest BCUT2D eigenvalue weighted by molar-refractivity contribution is 0.779. The van der Waals surface area contributed by atoms with Crippen molar-refractivity contribution in [2.75, 3.05) is 5.73 Å². The number of aryl methyl sites for hydroxylation is 1. The first-order valence-electron chi connectivity index (χ1n) is 5.69. The van der Waals surface area contributed by atoms with Crippen molar-refractivity contribution >= 4 is 37.7 Å². The summed E-state index contributed by atoms with van der Waals surface area (Å²) in [6.07, 6.45) is 0. The Morgan fingerprint density at radius 1 is 1.28 bits per heavy atom. The molecule has 0 saturated carbocycles. The minimum atomic E-state index is 0.333. The van der Waals surface area contributed by atoms with Gasteiger partial charge in [-0.1, -0.05) is 45.7 Å². The third kappa shape index (κ3) is 2.34. The van der Waals surface area contributed by atoms with E-state index in [0.29, 0.717) is 5.92 Å². The van der Waals surface area contributed by atoms with Crippen LogP contribution in [0.1, 0.15) is 25.3 Å². The van der Waals surface area contributed by atoms with Crippen LogP contribution in [-0.2, 0) is 7.05 Å². The van der Waals surface area contributed by atoms with E-state index in [4.69, 9.17) is 5.73 Å². The maximum absolute atomic E-state index is 6.10. The van der Waals surface area contributed by atoms with Gasteiger partial charge in [-0.2, -0.15) is 5.10 Å². The highest BCUT2D eigenvalue weighted by Gasteiger charge is 2.19. The molecule has 0 saturated heterocycles. The molecule has 1 aromatic carbocycles. The van der Waals surface area contributed by atoms with Gasteiger partial charge in [0, 0.05) is 27.1 Å². The molecule has 0 aliphatic rings. The molecule has 0 radical (unpaired) electrons. The third-order valence-electron chi connectivity index (χ3n) is 2.89. The van der Waals surface area contributed by atoms with Crippen molar-refractivity contribution in [3.63, 3.8) is 0 Å². The zero-order chi connectivity index (χ0) is 13.4. The number of nitrogens with two attached hydrogens (primary N) is 1. The fraction of sp³-hybridized carbons (Fsp3) is 0.308. The smallest absolute Gasteiger partial charge is 0.125 e. The van der Waals surface area contributed by atoms with E-state index in [2.05, 4.69) is 56.9 Å². The normalized spacial score (nSPS) is 11.2. The largest absolute Gasteiger partial charge is 0.384 e. The molecule has 2 aromatic rings. The van der Waals surface area contributed by atoms with Crippen molar-refractivity contribution in [1.29, 1.82) is 0 Å². The van der Waals surface area contributed by atoms with Gasteiger partial charge < -0.3 is 5.73 Å². The highest BCUT2D eigenvalue weighted by molar-refractivity contribution is 9.11. The van der Waals surface area contributed by atoms with E-state index in [1.54, 1.807) is 4.68 Å². The summed E-state index contributed by atoms with van der Waals surface area (Å²) in [4.78, 5) is 0. The van der Waals surface area contributed by atoms with Crippen LogP contribution in [0, 0.1) is 0 Å². The average Bonchev–Trinajstić information content (AvgIpc) is 2.59. The number of hydrogen-bond donors (Lipinski definition) is 1. The maximum Gasteiger partial charge on any atom is 0.125 e. The number of anilines is 1. The first kappa shape index (κ1) is 13.6. The first-order valence-corrected chi connectivity index (χ1v) is 7.28. The Hall–Kier alpha value is -0.810. The number of benzene rings is 1. The van der Waals surface area contributed by atoms with Gasteiger partial charge >= 0.3 is 0 Å².